The molecule has 0 saturated carbocycles. The number of ether oxygens (including phenoxy) is 1. The first-order valence-corrected chi connectivity index (χ1v) is 9.16. The third kappa shape index (κ3) is 4.01. The summed E-state index contributed by atoms with van der Waals surface area (Å²) in [6.45, 7) is 1.70. The molecule has 0 bridgehead atoms. The van der Waals surface area contributed by atoms with Crippen LogP contribution in [0.25, 0.3) is 21.5 Å². The second-order valence-electron chi connectivity index (χ2n) is 6.61. The Hall–Kier alpha value is -3.66. The summed E-state index contributed by atoms with van der Waals surface area (Å²) in [6.07, 6.45) is 0.975. The molecule has 0 radical (unpaired) electrons. The third-order valence-electron chi connectivity index (χ3n) is 4.56. The Bertz CT molecular complexity index is 1170. The van der Waals surface area contributed by atoms with Crippen LogP contribution in [0.3, 0.4) is 0 Å². The van der Waals surface area contributed by atoms with Gasteiger partial charge in [-0.05, 0) is 52.2 Å². The van der Waals surface area contributed by atoms with Crippen molar-refractivity contribution in [1.29, 1.82) is 0 Å². The molecular formula is C24H20N2O2. The summed E-state index contributed by atoms with van der Waals surface area (Å²) in [6, 6.07) is 27.9. The van der Waals surface area contributed by atoms with E-state index in [4.69, 9.17) is 4.74 Å². The molecule has 28 heavy (non-hydrogen) atoms. The van der Waals surface area contributed by atoms with Crippen LogP contribution in [0, 0.1) is 0 Å². The molecule has 1 N–H and O–H groups in total. The van der Waals surface area contributed by atoms with Crippen LogP contribution in [0.2, 0.25) is 0 Å². The number of carbonyl (C=O) groups is 1. The fraction of sp³-hybridized carbons (Fsp3) is 0.0833. The highest BCUT2D eigenvalue weighted by molar-refractivity contribution is 5.91. The van der Waals surface area contributed by atoms with E-state index in [0.717, 1.165) is 21.7 Å². The summed E-state index contributed by atoms with van der Waals surface area (Å²) in [7, 11) is 0. The number of fused-ring (bicyclic) bond motifs is 2. The largest absolute Gasteiger partial charge is 0.481 e. The van der Waals surface area contributed by atoms with Gasteiger partial charge in [0, 0.05) is 0 Å². The zero-order valence-corrected chi connectivity index (χ0v) is 15.5. The zero-order chi connectivity index (χ0) is 19.3. The Labute approximate surface area is 163 Å². The smallest absolute Gasteiger partial charge is 0.280 e. The number of amides is 1. The monoisotopic (exact) mass is 368 g/mol. The molecule has 0 aromatic heterocycles. The predicted molar refractivity (Wildman–Crippen MR) is 114 cm³/mol. The summed E-state index contributed by atoms with van der Waals surface area (Å²) in [5, 5.41) is 8.56. The molecule has 4 heteroatoms. The van der Waals surface area contributed by atoms with Crippen molar-refractivity contribution in [3.8, 4) is 5.75 Å². The number of nitrogens with one attached hydrogen (secondary N) is 1. The topological polar surface area (TPSA) is 50.7 Å². The summed E-state index contributed by atoms with van der Waals surface area (Å²) >= 11 is 0. The number of carbonyl (C=O) groups excluding carboxylic acids is 1. The Kier molecular flexibility index (Phi) is 5.02. The van der Waals surface area contributed by atoms with E-state index in [2.05, 4.69) is 16.6 Å². The van der Waals surface area contributed by atoms with Crippen molar-refractivity contribution in [2.75, 3.05) is 0 Å². The Balaban J connectivity index is 1.38. The normalized spacial score (nSPS) is 12.3. The first-order valence-electron chi connectivity index (χ1n) is 9.16. The molecule has 4 nitrogen and oxygen atoms in total. The molecule has 0 heterocycles. The maximum absolute atomic E-state index is 12.3. The summed E-state index contributed by atoms with van der Waals surface area (Å²) < 4.78 is 5.76. The van der Waals surface area contributed by atoms with Crippen LogP contribution >= 0.6 is 0 Å². The molecule has 1 amide bonds. The zero-order valence-electron chi connectivity index (χ0n) is 15.5. The lowest BCUT2D eigenvalue weighted by atomic mass is 10.1. The molecule has 0 saturated heterocycles. The number of benzene rings is 4. The van der Waals surface area contributed by atoms with Crippen molar-refractivity contribution >= 4 is 33.7 Å². The second kappa shape index (κ2) is 7.92. The lowest BCUT2D eigenvalue weighted by molar-refractivity contribution is -0.127. The molecule has 1 unspecified atom stereocenters. The average molecular weight is 368 g/mol. The van der Waals surface area contributed by atoms with Crippen LogP contribution in [0.5, 0.6) is 5.75 Å². The summed E-state index contributed by atoms with van der Waals surface area (Å²) in [5.41, 5.74) is 3.46. The van der Waals surface area contributed by atoms with Crippen molar-refractivity contribution in [1.82, 2.24) is 5.43 Å². The molecule has 0 aliphatic carbocycles. The molecule has 4 aromatic carbocycles. The van der Waals surface area contributed by atoms with Gasteiger partial charge in [-0.25, -0.2) is 5.43 Å². The van der Waals surface area contributed by atoms with Gasteiger partial charge in [-0.1, -0.05) is 66.7 Å². The highest BCUT2D eigenvalue weighted by Gasteiger charge is 2.14. The van der Waals surface area contributed by atoms with E-state index in [-0.39, 0.29) is 5.91 Å². The molecule has 4 rings (SSSR count). The van der Waals surface area contributed by atoms with Crippen LogP contribution in [-0.2, 0) is 4.79 Å². The van der Waals surface area contributed by atoms with Gasteiger partial charge < -0.3 is 4.74 Å². The lowest BCUT2D eigenvalue weighted by Gasteiger charge is -2.13. The maximum Gasteiger partial charge on any atom is 0.280 e. The van der Waals surface area contributed by atoms with E-state index < -0.39 is 6.10 Å². The van der Waals surface area contributed by atoms with Gasteiger partial charge in [0.25, 0.3) is 5.91 Å². The van der Waals surface area contributed by atoms with E-state index in [9.17, 15) is 4.79 Å². The van der Waals surface area contributed by atoms with Crippen molar-refractivity contribution in [3.63, 3.8) is 0 Å². The van der Waals surface area contributed by atoms with Crippen molar-refractivity contribution in [2.24, 2.45) is 5.10 Å². The van der Waals surface area contributed by atoms with Gasteiger partial charge >= 0.3 is 0 Å². The average Bonchev–Trinajstić information content (AvgIpc) is 2.73. The maximum atomic E-state index is 12.3. The highest BCUT2D eigenvalue weighted by Crippen LogP contribution is 2.21. The van der Waals surface area contributed by atoms with Gasteiger partial charge in [0.05, 0.1) is 6.21 Å². The van der Waals surface area contributed by atoms with Gasteiger partial charge in [0.2, 0.25) is 0 Å². The molecule has 0 fully saturated rings. The van der Waals surface area contributed by atoms with Crippen LogP contribution in [0.1, 0.15) is 12.5 Å². The fourth-order valence-electron chi connectivity index (χ4n) is 3.05. The van der Waals surface area contributed by atoms with Crippen LogP contribution in [-0.4, -0.2) is 18.2 Å². The number of hydrogen-bond donors (Lipinski definition) is 1. The molecule has 4 aromatic rings. The van der Waals surface area contributed by atoms with E-state index >= 15 is 0 Å². The number of nitrogens with zero attached hydrogens (tertiary/aromatic N) is 1. The molecule has 138 valence electrons. The van der Waals surface area contributed by atoms with Crippen molar-refractivity contribution in [2.45, 2.75) is 13.0 Å². The third-order valence-corrected chi connectivity index (χ3v) is 4.56. The fourth-order valence-corrected chi connectivity index (χ4v) is 3.05. The van der Waals surface area contributed by atoms with Crippen LogP contribution in [0.15, 0.2) is 90.0 Å². The van der Waals surface area contributed by atoms with E-state index in [1.54, 1.807) is 13.1 Å². The number of hydrazone groups is 1. The summed E-state index contributed by atoms with van der Waals surface area (Å²) in [5.74, 6) is 0.352. The van der Waals surface area contributed by atoms with Gasteiger partial charge in [0.15, 0.2) is 6.10 Å². The standard InChI is InChI=1S/C24H20N2O2/c1-17(28-23-13-12-20-7-3-5-9-22(20)15-23)24(27)26-25-16-18-10-11-19-6-2-4-8-21(19)14-18/h2-17H,1H3,(H,26,27). The van der Waals surface area contributed by atoms with Gasteiger partial charge in [0.1, 0.15) is 5.75 Å². The minimum atomic E-state index is -0.657. The number of hydrogen-bond acceptors (Lipinski definition) is 3. The first kappa shape index (κ1) is 17.7. The van der Waals surface area contributed by atoms with Gasteiger partial charge in [-0.15, -0.1) is 0 Å². The first-order chi connectivity index (χ1) is 13.7. The van der Waals surface area contributed by atoms with Crippen molar-refractivity contribution in [3.05, 3.63) is 90.5 Å². The van der Waals surface area contributed by atoms with E-state index in [0.29, 0.717) is 5.75 Å². The Morgan fingerprint density at radius 1 is 0.857 bits per heavy atom. The van der Waals surface area contributed by atoms with Crippen LogP contribution in [0.4, 0.5) is 0 Å². The highest BCUT2D eigenvalue weighted by atomic mass is 16.5. The number of rotatable bonds is 5. The summed E-state index contributed by atoms with van der Waals surface area (Å²) in [4.78, 5) is 12.3. The minimum absolute atomic E-state index is 0.301. The van der Waals surface area contributed by atoms with E-state index in [1.165, 1.54) is 5.39 Å². The van der Waals surface area contributed by atoms with Gasteiger partial charge in [-0.3, -0.25) is 4.79 Å². The molecular weight excluding hydrogens is 348 g/mol. The molecule has 0 aliphatic rings. The predicted octanol–water partition coefficient (Wildman–Crippen LogP) is 4.91. The van der Waals surface area contributed by atoms with Crippen molar-refractivity contribution < 1.29 is 9.53 Å². The minimum Gasteiger partial charge on any atom is -0.481 e. The quantitative estimate of drug-likeness (QED) is 0.402. The van der Waals surface area contributed by atoms with Crippen LogP contribution < -0.4 is 10.2 Å². The SMILES string of the molecule is CC(Oc1ccc2ccccc2c1)C(=O)NN=Cc1ccc2ccccc2c1. The Morgan fingerprint density at radius 2 is 1.46 bits per heavy atom. The van der Waals surface area contributed by atoms with Gasteiger partial charge in [-0.2, -0.15) is 5.10 Å². The second-order valence-corrected chi connectivity index (χ2v) is 6.61. The molecule has 0 spiro atoms. The molecule has 0 aliphatic heterocycles. The molecule has 1 atom stereocenters. The van der Waals surface area contributed by atoms with E-state index in [1.807, 2.05) is 78.9 Å². The Morgan fingerprint density at radius 3 is 2.18 bits per heavy atom. The lowest BCUT2D eigenvalue weighted by Crippen LogP contribution is -2.33.